The number of carbonyl (C=O) groups is 2. The monoisotopic (exact) mass is 510 g/mol. The molecule has 182 valence electrons. The standard InChI is InChI=1S/C26H17F3N2O4S/c27-26(28,29)25(33)19(24(32)22-7-4-12-36-22)13-17-15-31(18-5-2-1-3-6-18)30-23(17)16-8-9-20-21(14-16)35-11-10-34-20/h1-9,12-15H,10-11H2. The van der Waals surface area contributed by atoms with Crippen molar-refractivity contribution in [2.75, 3.05) is 13.2 Å². The summed E-state index contributed by atoms with van der Waals surface area (Å²) >= 11 is 0.955. The summed E-state index contributed by atoms with van der Waals surface area (Å²) in [5, 5.41) is 6.12. The highest BCUT2D eigenvalue weighted by molar-refractivity contribution is 7.12. The Hall–Kier alpha value is -4.18. The van der Waals surface area contributed by atoms with Crippen molar-refractivity contribution in [3.63, 3.8) is 0 Å². The van der Waals surface area contributed by atoms with Gasteiger partial charge in [-0.15, -0.1) is 11.3 Å². The Morgan fingerprint density at radius 1 is 0.972 bits per heavy atom. The topological polar surface area (TPSA) is 70.4 Å². The van der Waals surface area contributed by atoms with Crippen LogP contribution in [0.25, 0.3) is 23.0 Å². The van der Waals surface area contributed by atoms with Gasteiger partial charge in [0.1, 0.15) is 18.9 Å². The van der Waals surface area contributed by atoms with Gasteiger partial charge in [-0.05, 0) is 47.9 Å². The van der Waals surface area contributed by atoms with Gasteiger partial charge in [-0.3, -0.25) is 9.59 Å². The maximum atomic E-state index is 13.5. The van der Waals surface area contributed by atoms with Gasteiger partial charge in [-0.25, -0.2) is 4.68 Å². The molecule has 36 heavy (non-hydrogen) atoms. The molecule has 0 aliphatic carbocycles. The van der Waals surface area contributed by atoms with E-state index in [-0.39, 0.29) is 16.1 Å². The number of hydrogen-bond acceptors (Lipinski definition) is 6. The van der Waals surface area contributed by atoms with Crippen molar-refractivity contribution in [2.24, 2.45) is 0 Å². The molecule has 0 atom stereocenters. The molecule has 3 heterocycles. The molecule has 0 radical (unpaired) electrons. The third kappa shape index (κ3) is 4.67. The molecule has 0 unspecified atom stereocenters. The molecule has 0 spiro atoms. The summed E-state index contributed by atoms with van der Waals surface area (Å²) in [4.78, 5) is 25.3. The summed E-state index contributed by atoms with van der Waals surface area (Å²) in [5.74, 6) is -2.23. The van der Waals surface area contributed by atoms with Gasteiger partial charge in [0.15, 0.2) is 11.5 Å². The molecule has 2 aromatic carbocycles. The van der Waals surface area contributed by atoms with E-state index in [4.69, 9.17) is 9.47 Å². The average molecular weight is 510 g/mol. The molecular formula is C26H17F3N2O4S. The van der Waals surface area contributed by atoms with Crippen molar-refractivity contribution in [3.8, 4) is 28.4 Å². The summed E-state index contributed by atoms with van der Waals surface area (Å²) in [6.07, 6.45) is -2.80. The minimum atomic E-state index is -5.23. The van der Waals surface area contributed by atoms with Gasteiger partial charge >= 0.3 is 6.18 Å². The average Bonchev–Trinajstić information content (AvgIpc) is 3.57. The number of hydrogen-bond donors (Lipinski definition) is 0. The van der Waals surface area contributed by atoms with Crippen molar-refractivity contribution < 1.29 is 32.2 Å². The molecule has 10 heteroatoms. The summed E-state index contributed by atoms with van der Waals surface area (Å²) in [5.41, 5.74) is 0.596. The summed E-state index contributed by atoms with van der Waals surface area (Å²) in [6.45, 7) is 0.748. The van der Waals surface area contributed by atoms with Crippen LogP contribution in [0, 0.1) is 0 Å². The number of para-hydroxylation sites is 1. The molecule has 0 fully saturated rings. The number of ketones is 2. The van der Waals surface area contributed by atoms with Crippen molar-refractivity contribution in [1.82, 2.24) is 9.78 Å². The third-order valence-electron chi connectivity index (χ3n) is 5.37. The molecule has 4 aromatic rings. The molecule has 1 aliphatic heterocycles. The largest absolute Gasteiger partial charge is 0.486 e. The van der Waals surface area contributed by atoms with E-state index >= 15 is 0 Å². The molecule has 2 aromatic heterocycles. The highest BCUT2D eigenvalue weighted by atomic mass is 32.1. The number of rotatable bonds is 6. The highest BCUT2D eigenvalue weighted by Gasteiger charge is 2.43. The number of nitrogens with zero attached hydrogens (tertiary/aromatic N) is 2. The SMILES string of the molecule is O=C(C(=Cc1cn(-c2ccccc2)nc1-c1ccc2c(c1)OCCO2)C(=O)C(F)(F)F)c1cccs1. The third-order valence-corrected chi connectivity index (χ3v) is 6.24. The Labute approximate surface area is 207 Å². The number of benzene rings is 2. The van der Waals surface area contributed by atoms with Crippen LogP contribution >= 0.6 is 11.3 Å². The number of fused-ring (bicyclic) bond motifs is 1. The van der Waals surface area contributed by atoms with Crippen LogP contribution < -0.4 is 9.47 Å². The number of ether oxygens (including phenoxy) is 2. The number of Topliss-reactive ketones (excluding diaryl/α,β-unsaturated/α-hetero) is 2. The zero-order valence-electron chi connectivity index (χ0n) is 18.5. The lowest BCUT2D eigenvalue weighted by molar-refractivity contribution is -0.166. The zero-order chi connectivity index (χ0) is 25.3. The van der Waals surface area contributed by atoms with Crippen LogP contribution in [0.4, 0.5) is 13.2 Å². The van der Waals surface area contributed by atoms with Gasteiger partial charge in [-0.2, -0.15) is 18.3 Å². The Balaban J connectivity index is 1.69. The fourth-order valence-electron chi connectivity index (χ4n) is 3.70. The maximum absolute atomic E-state index is 13.5. The number of halogens is 3. The summed E-state index contributed by atoms with van der Waals surface area (Å²) in [7, 11) is 0. The number of carbonyl (C=O) groups excluding carboxylic acids is 2. The van der Waals surface area contributed by atoms with Crippen molar-refractivity contribution >= 4 is 29.0 Å². The van der Waals surface area contributed by atoms with Crippen molar-refractivity contribution in [3.05, 3.63) is 88.3 Å². The second kappa shape index (κ2) is 9.46. The first-order valence-corrected chi connectivity index (χ1v) is 11.7. The van der Waals surface area contributed by atoms with Crippen LogP contribution in [-0.2, 0) is 4.79 Å². The van der Waals surface area contributed by atoms with Gasteiger partial charge < -0.3 is 9.47 Å². The van der Waals surface area contributed by atoms with Gasteiger partial charge in [0.25, 0.3) is 5.78 Å². The lowest BCUT2D eigenvalue weighted by atomic mass is 9.99. The van der Waals surface area contributed by atoms with Gasteiger partial charge in [-0.1, -0.05) is 24.3 Å². The smallest absolute Gasteiger partial charge is 0.455 e. The lowest BCUT2D eigenvalue weighted by Crippen LogP contribution is -2.28. The maximum Gasteiger partial charge on any atom is 0.455 e. The van der Waals surface area contributed by atoms with Gasteiger partial charge in [0, 0.05) is 17.3 Å². The first-order valence-electron chi connectivity index (χ1n) is 10.8. The highest BCUT2D eigenvalue weighted by Crippen LogP contribution is 2.36. The minimum absolute atomic E-state index is 0.0233. The molecule has 0 amide bonds. The zero-order valence-corrected chi connectivity index (χ0v) is 19.3. The van der Waals surface area contributed by atoms with E-state index in [0.29, 0.717) is 36.0 Å². The number of alkyl halides is 3. The fraction of sp³-hybridized carbons (Fsp3) is 0.115. The van der Waals surface area contributed by atoms with Gasteiger partial charge in [0.05, 0.1) is 16.1 Å². The second-order valence-corrected chi connectivity index (χ2v) is 8.71. The van der Waals surface area contributed by atoms with E-state index in [1.165, 1.54) is 23.0 Å². The molecule has 0 bridgehead atoms. The van der Waals surface area contributed by atoms with Crippen LogP contribution in [0.1, 0.15) is 15.2 Å². The number of aromatic nitrogens is 2. The Kier molecular flexibility index (Phi) is 6.19. The van der Waals surface area contributed by atoms with Gasteiger partial charge in [0.2, 0.25) is 5.78 Å². The second-order valence-electron chi connectivity index (χ2n) is 7.76. The normalized spacial score (nSPS) is 13.5. The lowest BCUT2D eigenvalue weighted by Gasteiger charge is -2.18. The van der Waals surface area contributed by atoms with E-state index in [9.17, 15) is 22.8 Å². The predicted octanol–water partition coefficient (Wildman–Crippen LogP) is 5.77. The van der Waals surface area contributed by atoms with E-state index in [1.54, 1.807) is 47.8 Å². The predicted molar refractivity (Wildman–Crippen MR) is 128 cm³/mol. The quantitative estimate of drug-likeness (QED) is 0.143. The molecule has 1 aliphatic rings. The van der Waals surface area contributed by atoms with Crippen LogP contribution in [0.5, 0.6) is 11.5 Å². The Morgan fingerprint density at radius 3 is 2.42 bits per heavy atom. The number of thiophene rings is 1. The first kappa shape index (κ1) is 23.6. The van der Waals surface area contributed by atoms with Crippen molar-refractivity contribution in [2.45, 2.75) is 6.18 Å². The fourth-order valence-corrected chi connectivity index (χ4v) is 4.38. The van der Waals surface area contributed by atoms with Crippen molar-refractivity contribution in [1.29, 1.82) is 0 Å². The number of allylic oxidation sites excluding steroid dienone is 1. The molecule has 5 rings (SSSR count). The first-order chi connectivity index (χ1) is 17.3. The molecule has 0 saturated carbocycles. The Bertz CT molecular complexity index is 1460. The molecule has 0 N–H and O–H groups in total. The van der Waals surface area contributed by atoms with Crippen LogP contribution in [-0.4, -0.2) is 40.7 Å². The minimum Gasteiger partial charge on any atom is -0.486 e. The molecule has 0 saturated heterocycles. The van der Waals surface area contributed by atoms with E-state index in [2.05, 4.69) is 5.10 Å². The van der Waals surface area contributed by atoms with E-state index in [0.717, 1.165) is 17.4 Å². The Morgan fingerprint density at radius 2 is 1.72 bits per heavy atom. The molecular weight excluding hydrogens is 493 g/mol. The van der Waals surface area contributed by atoms with Crippen LogP contribution in [0.15, 0.2) is 77.8 Å². The van der Waals surface area contributed by atoms with E-state index in [1.807, 2.05) is 6.07 Å². The van der Waals surface area contributed by atoms with E-state index < -0.39 is 23.3 Å². The van der Waals surface area contributed by atoms with Crippen LogP contribution in [0.3, 0.4) is 0 Å². The summed E-state index contributed by atoms with van der Waals surface area (Å²) < 4.78 is 53.1. The molecule has 6 nitrogen and oxygen atoms in total. The van der Waals surface area contributed by atoms with Crippen LogP contribution in [0.2, 0.25) is 0 Å². The summed E-state index contributed by atoms with van der Waals surface area (Å²) in [6, 6.07) is 16.9.